The highest BCUT2D eigenvalue weighted by molar-refractivity contribution is 5.85. The van der Waals surface area contributed by atoms with Gasteiger partial charge in [-0.25, -0.2) is 0 Å². The van der Waals surface area contributed by atoms with Crippen LogP contribution in [0.5, 0.6) is 0 Å². The molecule has 1 amide bonds. The molecule has 122 valence electrons. The monoisotopic (exact) mass is 327 g/mol. The minimum atomic E-state index is 0. The summed E-state index contributed by atoms with van der Waals surface area (Å²) < 4.78 is 0. The molecule has 0 aliphatic heterocycles. The lowest BCUT2D eigenvalue weighted by atomic mass is 10.0. The van der Waals surface area contributed by atoms with Crippen LogP contribution in [0.3, 0.4) is 0 Å². The average molecular weight is 328 g/mol. The van der Waals surface area contributed by atoms with Crippen LogP contribution in [-0.4, -0.2) is 50.6 Å². The third kappa shape index (κ3) is 10.7. The molecule has 0 aromatic rings. The van der Waals surface area contributed by atoms with Gasteiger partial charge in [-0.3, -0.25) is 4.79 Å². The lowest BCUT2D eigenvalue weighted by Gasteiger charge is -2.26. The largest absolute Gasteiger partial charge is 0.353 e. The van der Waals surface area contributed by atoms with Crippen LogP contribution < -0.4 is 10.6 Å². The summed E-state index contributed by atoms with van der Waals surface area (Å²) in [5.74, 6) is 1.60. The Kier molecular flexibility index (Phi) is 12.9. The van der Waals surface area contributed by atoms with E-state index < -0.39 is 0 Å². The average Bonchev–Trinajstić information content (AvgIpc) is 3.07. The van der Waals surface area contributed by atoms with Gasteiger partial charge in [0.25, 0.3) is 0 Å². The Labute approximate surface area is 136 Å². The predicted octanol–water partition coefficient (Wildman–Crippen LogP) is 1.92. The number of hydrogen-bond donors (Lipinski definition) is 2. The summed E-state index contributed by atoms with van der Waals surface area (Å²) in [5.41, 5.74) is 0. The molecule has 1 atom stereocenters. The van der Waals surface area contributed by atoms with Crippen molar-refractivity contribution >= 4 is 30.7 Å². The van der Waals surface area contributed by atoms with Crippen molar-refractivity contribution in [3.63, 3.8) is 0 Å². The van der Waals surface area contributed by atoms with E-state index in [9.17, 15) is 4.79 Å². The minimum Gasteiger partial charge on any atom is -0.353 e. The number of nitrogens with one attached hydrogen (secondary N) is 2. The molecule has 0 radical (unpaired) electrons. The van der Waals surface area contributed by atoms with Crippen molar-refractivity contribution in [2.24, 2.45) is 11.8 Å². The zero-order valence-electron chi connectivity index (χ0n) is 13.1. The zero-order valence-corrected chi connectivity index (χ0v) is 14.8. The Morgan fingerprint density at radius 2 is 1.85 bits per heavy atom. The third-order valence-corrected chi connectivity index (χ3v) is 3.42. The summed E-state index contributed by atoms with van der Waals surface area (Å²) in [4.78, 5) is 13.9. The Morgan fingerprint density at radius 3 is 2.30 bits per heavy atom. The Hall–Kier alpha value is -0.0300. The van der Waals surface area contributed by atoms with Gasteiger partial charge >= 0.3 is 0 Å². The van der Waals surface area contributed by atoms with Gasteiger partial charge in [0.05, 0.1) is 6.54 Å². The highest BCUT2D eigenvalue weighted by Crippen LogP contribution is 2.27. The first kappa shape index (κ1) is 22.3. The van der Waals surface area contributed by atoms with Crippen molar-refractivity contribution < 1.29 is 4.79 Å². The molecule has 0 aromatic heterocycles. The van der Waals surface area contributed by atoms with E-state index in [2.05, 4.69) is 43.5 Å². The van der Waals surface area contributed by atoms with Crippen molar-refractivity contribution in [3.05, 3.63) is 0 Å². The highest BCUT2D eigenvalue weighted by atomic mass is 35.5. The van der Waals surface area contributed by atoms with E-state index in [1.165, 1.54) is 12.8 Å². The number of carbonyl (C=O) groups is 1. The molecule has 0 spiro atoms. The molecule has 1 unspecified atom stereocenters. The summed E-state index contributed by atoms with van der Waals surface area (Å²) in [6, 6.07) is 0.428. The van der Waals surface area contributed by atoms with Crippen LogP contribution >= 0.6 is 24.8 Å². The van der Waals surface area contributed by atoms with E-state index in [-0.39, 0.29) is 30.7 Å². The maximum absolute atomic E-state index is 11.7. The number of carbonyl (C=O) groups excluding carboxylic acids is 1. The van der Waals surface area contributed by atoms with Crippen LogP contribution in [0.25, 0.3) is 0 Å². The van der Waals surface area contributed by atoms with E-state index in [1.54, 1.807) is 0 Å². The summed E-state index contributed by atoms with van der Waals surface area (Å²) in [5, 5.41) is 6.24. The topological polar surface area (TPSA) is 44.4 Å². The molecular weight excluding hydrogens is 297 g/mol. The number of rotatable bonds is 9. The molecule has 0 heterocycles. The molecule has 2 N–H and O–H groups in total. The third-order valence-electron chi connectivity index (χ3n) is 3.42. The van der Waals surface area contributed by atoms with Gasteiger partial charge in [0.1, 0.15) is 0 Å². The van der Waals surface area contributed by atoms with E-state index in [0.717, 1.165) is 25.4 Å². The summed E-state index contributed by atoms with van der Waals surface area (Å²) in [6.07, 6.45) is 3.76. The van der Waals surface area contributed by atoms with E-state index in [0.29, 0.717) is 18.5 Å². The van der Waals surface area contributed by atoms with Crippen molar-refractivity contribution in [1.82, 2.24) is 15.5 Å². The molecule has 1 aliphatic carbocycles. The summed E-state index contributed by atoms with van der Waals surface area (Å²) >= 11 is 0. The lowest BCUT2D eigenvalue weighted by Crippen LogP contribution is -2.43. The van der Waals surface area contributed by atoms with Crippen LogP contribution in [0.15, 0.2) is 0 Å². The van der Waals surface area contributed by atoms with Gasteiger partial charge in [-0.05, 0) is 51.7 Å². The molecule has 1 rings (SSSR count). The smallest absolute Gasteiger partial charge is 0.234 e. The minimum absolute atomic E-state index is 0. The van der Waals surface area contributed by atoms with Crippen LogP contribution in [0.4, 0.5) is 0 Å². The maximum Gasteiger partial charge on any atom is 0.234 e. The second-order valence-corrected chi connectivity index (χ2v) is 6.13. The Balaban J connectivity index is 0. The van der Waals surface area contributed by atoms with Crippen LogP contribution in [0.2, 0.25) is 0 Å². The highest BCUT2D eigenvalue weighted by Gasteiger charge is 2.20. The number of amides is 1. The molecule has 6 heteroatoms. The maximum atomic E-state index is 11.7. The molecule has 4 nitrogen and oxygen atoms in total. The number of halogens is 2. The second-order valence-electron chi connectivity index (χ2n) is 6.13. The number of nitrogens with zero attached hydrogens (tertiary/aromatic N) is 1. The van der Waals surface area contributed by atoms with Crippen molar-refractivity contribution in [3.8, 4) is 0 Å². The first-order valence-electron chi connectivity index (χ1n) is 7.13. The molecular formula is C14H31Cl2N3O. The quantitative estimate of drug-likeness (QED) is 0.680. The first-order valence-corrected chi connectivity index (χ1v) is 7.13. The van der Waals surface area contributed by atoms with Gasteiger partial charge in [0, 0.05) is 12.6 Å². The fraction of sp³-hybridized carbons (Fsp3) is 0.929. The van der Waals surface area contributed by atoms with E-state index in [4.69, 9.17) is 0 Å². The van der Waals surface area contributed by atoms with Crippen LogP contribution in [0.1, 0.15) is 33.1 Å². The van der Waals surface area contributed by atoms with Gasteiger partial charge in [-0.15, -0.1) is 24.8 Å². The fourth-order valence-electron chi connectivity index (χ4n) is 2.03. The van der Waals surface area contributed by atoms with E-state index >= 15 is 0 Å². The summed E-state index contributed by atoms with van der Waals surface area (Å²) in [7, 11) is 4.15. The molecule has 1 saturated carbocycles. The molecule has 0 saturated heterocycles. The van der Waals surface area contributed by atoms with Crippen molar-refractivity contribution in [1.29, 1.82) is 0 Å². The van der Waals surface area contributed by atoms with Crippen molar-refractivity contribution in [2.45, 2.75) is 39.2 Å². The Bertz CT molecular complexity index is 259. The second kappa shape index (κ2) is 11.6. The molecule has 0 bridgehead atoms. The normalized spacial score (nSPS) is 15.5. The van der Waals surface area contributed by atoms with Gasteiger partial charge in [-0.1, -0.05) is 13.8 Å². The summed E-state index contributed by atoms with van der Waals surface area (Å²) in [6.45, 7) is 6.63. The van der Waals surface area contributed by atoms with Gasteiger partial charge in [0.15, 0.2) is 0 Å². The van der Waals surface area contributed by atoms with Gasteiger partial charge in [0.2, 0.25) is 5.91 Å². The van der Waals surface area contributed by atoms with Crippen LogP contribution in [-0.2, 0) is 4.79 Å². The molecule has 20 heavy (non-hydrogen) atoms. The lowest BCUT2D eigenvalue weighted by molar-refractivity contribution is -0.120. The number of hydrogen-bond acceptors (Lipinski definition) is 3. The predicted molar refractivity (Wildman–Crippen MR) is 90.0 cm³/mol. The van der Waals surface area contributed by atoms with Crippen LogP contribution in [0, 0.1) is 11.8 Å². The molecule has 0 aromatic carbocycles. The first-order chi connectivity index (χ1) is 8.49. The van der Waals surface area contributed by atoms with Gasteiger partial charge < -0.3 is 15.5 Å². The fourth-order valence-corrected chi connectivity index (χ4v) is 2.03. The standard InChI is InChI=1S/C14H29N3O.2ClH/c1-11(2)7-13(17(3)4)9-16-14(18)10-15-8-12-5-6-12;;/h11-13,15H,5-10H2,1-4H3,(H,16,18);2*1H. The van der Waals surface area contributed by atoms with Gasteiger partial charge in [-0.2, -0.15) is 0 Å². The zero-order chi connectivity index (χ0) is 13.5. The molecule has 1 aliphatic rings. The van der Waals surface area contributed by atoms with E-state index in [1.807, 2.05) is 0 Å². The molecule has 1 fully saturated rings. The number of likely N-dealkylation sites (N-methyl/N-ethyl adjacent to an activating group) is 1. The van der Waals surface area contributed by atoms with Crippen molar-refractivity contribution in [2.75, 3.05) is 33.7 Å². The SMILES string of the molecule is CC(C)CC(CNC(=O)CNCC1CC1)N(C)C.Cl.Cl. The Morgan fingerprint density at radius 1 is 1.25 bits per heavy atom.